The molecule has 1 aromatic carbocycles. The number of sulfonamides is 1. The van der Waals surface area contributed by atoms with Gasteiger partial charge in [0.15, 0.2) is 11.5 Å². The van der Waals surface area contributed by atoms with E-state index in [0.29, 0.717) is 30.4 Å². The number of nitrogen functional groups attached to an aromatic ring is 1. The van der Waals surface area contributed by atoms with E-state index in [4.69, 9.17) is 15.2 Å². The van der Waals surface area contributed by atoms with Crippen LogP contribution in [0.3, 0.4) is 0 Å². The number of H-pyrrole nitrogens is 1. The number of benzene rings is 1. The van der Waals surface area contributed by atoms with Crippen molar-refractivity contribution in [1.29, 1.82) is 0 Å². The molecule has 112 valence electrons. The molecule has 0 amide bonds. The first-order valence-electron chi connectivity index (χ1n) is 6.27. The van der Waals surface area contributed by atoms with Gasteiger partial charge in [-0.2, -0.15) is 5.10 Å². The number of nitrogens with zero attached hydrogens (tertiary/aromatic N) is 1. The number of hydrogen-bond donors (Lipinski definition) is 3. The summed E-state index contributed by atoms with van der Waals surface area (Å²) in [5, 5.41) is 5.98. The van der Waals surface area contributed by atoms with E-state index in [9.17, 15) is 8.42 Å². The number of ether oxygens (including phenoxy) is 2. The number of aromatic amines is 1. The Bertz CT molecular complexity index is 756. The van der Waals surface area contributed by atoms with Gasteiger partial charge in [-0.3, -0.25) is 9.82 Å². The molecule has 0 aliphatic carbocycles. The van der Waals surface area contributed by atoms with Crippen molar-refractivity contribution >= 4 is 21.5 Å². The van der Waals surface area contributed by atoms with Gasteiger partial charge in [0.25, 0.3) is 10.0 Å². The molecule has 3 rings (SSSR count). The smallest absolute Gasteiger partial charge is 0.267 e. The zero-order valence-corrected chi connectivity index (χ0v) is 11.8. The van der Waals surface area contributed by atoms with Crippen LogP contribution >= 0.6 is 0 Å². The van der Waals surface area contributed by atoms with Gasteiger partial charge < -0.3 is 15.2 Å². The zero-order valence-electron chi connectivity index (χ0n) is 11.0. The van der Waals surface area contributed by atoms with Crippen LogP contribution in [-0.2, 0) is 10.0 Å². The van der Waals surface area contributed by atoms with Gasteiger partial charge in [0.05, 0.1) is 25.1 Å². The van der Waals surface area contributed by atoms with E-state index < -0.39 is 10.0 Å². The second kappa shape index (κ2) is 5.17. The predicted octanol–water partition coefficient (Wildman–Crippen LogP) is 0.954. The topological polar surface area (TPSA) is 119 Å². The van der Waals surface area contributed by atoms with Crippen molar-refractivity contribution in [1.82, 2.24) is 10.2 Å². The van der Waals surface area contributed by atoms with Crippen LogP contribution in [0.2, 0.25) is 0 Å². The lowest BCUT2D eigenvalue weighted by Gasteiger charge is -2.11. The average Bonchev–Trinajstić information content (AvgIpc) is 2.74. The molecule has 9 heteroatoms. The lowest BCUT2D eigenvalue weighted by atomic mass is 10.3. The number of nitrogens with one attached hydrogen (secondary N) is 2. The van der Waals surface area contributed by atoms with Crippen molar-refractivity contribution in [3.05, 3.63) is 24.4 Å². The molecule has 0 bridgehead atoms. The van der Waals surface area contributed by atoms with E-state index in [1.165, 1.54) is 0 Å². The van der Waals surface area contributed by atoms with Crippen LogP contribution in [0.1, 0.15) is 6.42 Å². The van der Waals surface area contributed by atoms with Crippen molar-refractivity contribution in [3.8, 4) is 11.5 Å². The molecular formula is C12H14N4O4S. The van der Waals surface area contributed by atoms with Crippen LogP contribution < -0.4 is 19.9 Å². The van der Waals surface area contributed by atoms with Gasteiger partial charge >= 0.3 is 0 Å². The lowest BCUT2D eigenvalue weighted by molar-refractivity contribution is 0.297. The summed E-state index contributed by atoms with van der Waals surface area (Å²) in [6, 6.07) is 4.84. The standard InChI is InChI=1S/C12H14N4O4S/c13-12-11(7-14-15-12)21(17,18)16-8-2-3-9-10(6-8)20-5-1-4-19-9/h2-3,6-7,16H,1,4-5H2,(H3,13,14,15). The van der Waals surface area contributed by atoms with Crippen molar-refractivity contribution in [2.45, 2.75) is 11.3 Å². The van der Waals surface area contributed by atoms with Crippen LogP contribution in [0.15, 0.2) is 29.3 Å². The third kappa shape index (κ3) is 2.72. The molecule has 1 aliphatic rings. The average molecular weight is 310 g/mol. The normalized spacial score (nSPS) is 14.5. The van der Waals surface area contributed by atoms with Crippen LogP contribution in [0.4, 0.5) is 11.5 Å². The Hall–Kier alpha value is -2.42. The van der Waals surface area contributed by atoms with Crippen molar-refractivity contribution in [2.24, 2.45) is 0 Å². The molecule has 1 aliphatic heterocycles. The summed E-state index contributed by atoms with van der Waals surface area (Å²) in [5.41, 5.74) is 5.89. The zero-order chi connectivity index (χ0) is 14.9. The summed E-state index contributed by atoms with van der Waals surface area (Å²) in [6.07, 6.45) is 1.93. The van der Waals surface area contributed by atoms with Crippen molar-refractivity contribution < 1.29 is 17.9 Å². The van der Waals surface area contributed by atoms with Gasteiger partial charge in [-0.05, 0) is 12.1 Å². The molecule has 0 radical (unpaired) electrons. The maximum absolute atomic E-state index is 12.2. The number of hydrogen-bond acceptors (Lipinski definition) is 6. The number of rotatable bonds is 3. The van der Waals surface area contributed by atoms with Crippen molar-refractivity contribution in [3.63, 3.8) is 0 Å². The Morgan fingerprint density at radius 1 is 1.24 bits per heavy atom. The van der Waals surface area contributed by atoms with E-state index >= 15 is 0 Å². The maximum atomic E-state index is 12.2. The Labute approximate surface area is 121 Å². The Morgan fingerprint density at radius 3 is 2.71 bits per heavy atom. The second-order valence-electron chi connectivity index (χ2n) is 4.47. The molecule has 1 aromatic heterocycles. The molecule has 0 saturated heterocycles. The van der Waals surface area contributed by atoms with Crippen LogP contribution in [0, 0.1) is 0 Å². The van der Waals surface area contributed by atoms with Gasteiger partial charge in [-0.25, -0.2) is 8.42 Å². The molecule has 8 nitrogen and oxygen atoms in total. The third-order valence-corrected chi connectivity index (χ3v) is 4.33. The summed E-state index contributed by atoms with van der Waals surface area (Å²) in [5.74, 6) is 1.09. The highest BCUT2D eigenvalue weighted by Gasteiger charge is 2.20. The SMILES string of the molecule is Nc1[nH]ncc1S(=O)(=O)Nc1ccc2c(c1)OCCCO2. The molecule has 0 saturated carbocycles. The van der Waals surface area contributed by atoms with Gasteiger partial charge in [0.2, 0.25) is 0 Å². The number of nitrogens with two attached hydrogens (primary N) is 1. The summed E-state index contributed by atoms with van der Waals surface area (Å²) in [7, 11) is -3.80. The first kappa shape index (κ1) is 13.6. The molecule has 2 heterocycles. The highest BCUT2D eigenvalue weighted by Crippen LogP contribution is 2.33. The molecule has 0 atom stereocenters. The summed E-state index contributed by atoms with van der Waals surface area (Å²) >= 11 is 0. The van der Waals surface area contributed by atoms with Crippen LogP contribution in [-0.4, -0.2) is 31.8 Å². The quantitative estimate of drug-likeness (QED) is 0.776. The van der Waals surface area contributed by atoms with Gasteiger partial charge in [-0.1, -0.05) is 0 Å². The minimum atomic E-state index is -3.80. The fraction of sp³-hybridized carbons (Fsp3) is 0.250. The summed E-state index contributed by atoms with van der Waals surface area (Å²) in [6.45, 7) is 1.10. The lowest BCUT2D eigenvalue weighted by Crippen LogP contribution is -2.14. The molecule has 0 fully saturated rings. The molecule has 2 aromatic rings. The molecule has 21 heavy (non-hydrogen) atoms. The van der Waals surface area contributed by atoms with E-state index in [2.05, 4.69) is 14.9 Å². The minimum Gasteiger partial charge on any atom is -0.490 e. The minimum absolute atomic E-state index is 0.0168. The fourth-order valence-electron chi connectivity index (χ4n) is 1.94. The fourth-order valence-corrected chi connectivity index (χ4v) is 3.01. The third-order valence-electron chi connectivity index (χ3n) is 2.92. The molecule has 0 spiro atoms. The maximum Gasteiger partial charge on any atom is 0.267 e. The largest absolute Gasteiger partial charge is 0.490 e. The number of anilines is 2. The Balaban J connectivity index is 1.89. The van der Waals surface area contributed by atoms with Crippen LogP contribution in [0.5, 0.6) is 11.5 Å². The monoisotopic (exact) mass is 310 g/mol. The highest BCUT2D eigenvalue weighted by atomic mass is 32.2. The van der Waals surface area contributed by atoms with Gasteiger partial charge in [0, 0.05) is 12.5 Å². The van der Waals surface area contributed by atoms with E-state index in [0.717, 1.165) is 12.6 Å². The first-order chi connectivity index (χ1) is 10.1. The van der Waals surface area contributed by atoms with E-state index in [1.54, 1.807) is 18.2 Å². The predicted molar refractivity (Wildman–Crippen MR) is 75.9 cm³/mol. The summed E-state index contributed by atoms with van der Waals surface area (Å²) < 4.78 is 37.8. The second-order valence-corrected chi connectivity index (χ2v) is 6.12. The molecular weight excluding hydrogens is 296 g/mol. The van der Waals surface area contributed by atoms with Gasteiger partial charge in [-0.15, -0.1) is 0 Å². The van der Waals surface area contributed by atoms with Crippen LogP contribution in [0.25, 0.3) is 0 Å². The molecule has 0 unspecified atom stereocenters. The van der Waals surface area contributed by atoms with Gasteiger partial charge in [0.1, 0.15) is 10.7 Å². The number of aromatic nitrogens is 2. The Kier molecular flexibility index (Phi) is 3.34. The highest BCUT2D eigenvalue weighted by molar-refractivity contribution is 7.92. The van der Waals surface area contributed by atoms with E-state index in [1.807, 2.05) is 0 Å². The first-order valence-corrected chi connectivity index (χ1v) is 7.76. The Morgan fingerprint density at radius 2 is 2.00 bits per heavy atom. The number of fused-ring (bicyclic) bond motifs is 1. The summed E-state index contributed by atoms with van der Waals surface area (Å²) in [4.78, 5) is -0.102. The van der Waals surface area contributed by atoms with E-state index in [-0.39, 0.29) is 10.7 Å². The van der Waals surface area contributed by atoms with Crippen molar-refractivity contribution in [2.75, 3.05) is 23.7 Å². The molecule has 4 N–H and O–H groups in total.